The molecule has 0 aliphatic heterocycles. The van der Waals surface area contributed by atoms with Gasteiger partial charge < -0.3 is 15.2 Å². The van der Waals surface area contributed by atoms with Crippen LogP contribution in [0.4, 0.5) is 4.79 Å². The molecule has 0 radical (unpaired) electrons. The van der Waals surface area contributed by atoms with Crippen molar-refractivity contribution in [1.29, 1.82) is 0 Å². The fourth-order valence-corrected chi connectivity index (χ4v) is 3.84. The third-order valence-electron chi connectivity index (χ3n) is 5.10. The maximum atomic E-state index is 12.1. The van der Waals surface area contributed by atoms with Crippen LogP contribution in [0.25, 0.3) is 11.1 Å². The number of rotatable bonds is 4. The van der Waals surface area contributed by atoms with Gasteiger partial charge in [0.1, 0.15) is 6.61 Å². The van der Waals surface area contributed by atoms with Crippen molar-refractivity contribution in [3.8, 4) is 23.0 Å². The second kappa shape index (κ2) is 9.04. The summed E-state index contributed by atoms with van der Waals surface area (Å²) in [6.07, 6.45) is -0.513. The number of hydrogen-bond acceptors (Lipinski definition) is 3. The molecule has 0 saturated carbocycles. The number of amides is 1. The summed E-state index contributed by atoms with van der Waals surface area (Å²) in [6, 6.07) is 21.6. The van der Waals surface area contributed by atoms with E-state index in [4.69, 9.17) is 16.3 Å². The summed E-state index contributed by atoms with van der Waals surface area (Å²) >= 11 is 6.10. The highest BCUT2D eigenvalue weighted by Crippen LogP contribution is 2.44. The molecular weight excluding hydrogens is 398 g/mol. The molecule has 2 N–H and O–H groups in total. The van der Waals surface area contributed by atoms with Crippen LogP contribution in [0.1, 0.15) is 28.2 Å². The molecule has 4 nitrogen and oxygen atoms in total. The molecule has 0 atom stereocenters. The first-order valence-corrected chi connectivity index (χ1v) is 10.0. The Labute approximate surface area is 180 Å². The largest absolute Gasteiger partial charge is 0.449 e. The number of fused-ring (bicyclic) bond motifs is 3. The van der Waals surface area contributed by atoms with Crippen molar-refractivity contribution in [2.24, 2.45) is 0 Å². The van der Waals surface area contributed by atoms with Crippen LogP contribution in [0.15, 0.2) is 66.7 Å². The fourth-order valence-electron chi connectivity index (χ4n) is 3.67. The van der Waals surface area contributed by atoms with Gasteiger partial charge in [0, 0.05) is 11.5 Å². The van der Waals surface area contributed by atoms with Crippen LogP contribution in [0.5, 0.6) is 0 Å². The van der Waals surface area contributed by atoms with Crippen molar-refractivity contribution in [2.45, 2.75) is 12.5 Å². The van der Waals surface area contributed by atoms with Crippen molar-refractivity contribution < 1.29 is 14.6 Å². The Kier molecular flexibility index (Phi) is 6.04. The molecule has 1 aliphatic rings. The number of hydrogen-bond donors (Lipinski definition) is 2. The van der Waals surface area contributed by atoms with E-state index in [9.17, 15) is 9.90 Å². The van der Waals surface area contributed by atoms with Gasteiger partial charge in [-0.05, 0) is 39.9 Å². The van der Waals surface area contributed by atoms with Gasteiger partial charge in [-0.2, -0.15) is 0 Å². The third-order valence-corrected chi connectivity index (χ3v) is 5.43. The van der Waals surface area contributed by atoms with Crippen LogP contribution in [0.2, 0.25) is 5.02 Å². The SMILES string of the molecule is O=C(NCC#Cc1cc(CO)ccc1Cl)OCC1c2ccccc2-c2ccccc21. The van der Waals surface area contributed by atoms with E-state index in [1.54, 1.807) is 18.2 Å². The molecule has 0 aromatic heterocycles. The topological polar surface area (TPSA) is 58.6 Å². The summed E-state index contributed by atoms with van der Waals surface area (Å²) in [4.78, 5) is 12.1. The van der Waals surface area contributed by atoms with Crippen molar-refractivity contribution in [3.63, 3.8) is 0 Å². The van der Waals surface area contributed by atoms with Crippen molar-refractivity contribution in [3.05, 3.63) is 94.0 Å². The van der Waals surface area contributed by atoms with Crippen LogP contribution in [0, 0.1) is 11.8 Å². The number of halogens is 1. The van der Waals surface area contributed by atoms with E-state index < -0.39 is 6.09 Å². The second-order valence-corrected chi connectivity index (χ2v) is 7.36. The predicted octanol–water partition coefficient (Wildman–Crippen LogP) is 4.72. The van der Waals surface area contributed by atoms with E-state index in [1.807, 2.05) is 24.3 Å². The third kappa shape index (κ3) is 4.18. The normalized spacial score (nSPS) is 11.8. The average Bonchev–Trinajstić information content (AvgIpc) is 3.10. The van der Waals surface area contributed by atoms with Gasteiger partial charge in [0.05, 0.1) is 18.2 Å². The molecular formula is C25H20ClNO3. The first-order valence-electron chi connectivity index (χ1n) is 9.64. The number of alkyl carbamates (subject to hydrolysis) is 1. The summed E-state index contributed by atoms with van der Waals surface area (Å²) in [5.74, 6) is 5.78. The summed E-state index contributed by atoms with van der Waals surface area (Å²) in [5.41, 5.74) is 6.06. The van der Waals surface area contributed by atoms with Crippen LogP contribution in [-0.4, -0.2) is 24.4 Å². The van der Waals surface area contributed by atoms with Gasteiger partial charge in [-0.25, -0.2) is 4.79 Å². The minimum Gasteiger partial charge on any atom is -0.449 e. The lowest BCUT2D eigenvalue weighted by atomic mass is 9.98. The molecule has 0 saturated heterocycles. The van der Waals surface area contributed by atoms with Crippen molar-refractivity contribution in [1.82, 2.24) is 5.32 Å². The first kappa shape index (κ1) is 20.0. The number of benzene rings is 3. The van der Waals surface area contributed by atoms with Gasteiger partial charge in [-0.3, -0.25) is 0 Å². The number of aliphatic hydroxyl groups excluding tert-OH is 1. The van der Waals surface area contributed by atoms with E-state index in [1.165, 1.54) is 22.3 Å². The molecule has 3 aromatic rings. The molecule has 0 fully saturated rings. The number of nitrogens with one attached hydrogen (secondary N) is 1. The predicted molar refractivity (Wildman–Crippen MR) is 117 cm³/mol. The van der Waals surface area contributed by atoms with Gasteiger partial charge in [0.25, 0.3) is 0 Å². The number of carbonyl (C=O) groups excluding carboxylic acids is 1. The molecule has 30 heavy (non-hydrogen) atoms. The van der Waals surface area contributed by atoms with Crippen molar-refractivity contribution in [2.75, 3.05) is 13.2 Å². The quantitative estimate of drug-likeness (QED) is 0.604. The Balaban J connectivity index is 1.35. The molecule has 4 rings (SSSR count). The molecule has 0 heterocycles. The number of aliphatic hydroxyl groups is 1. The Morgan fingerprint density at radius 2 is 1.70 bits per heavy atom. The average molecular weight is 418 g/mol. The lowest BCUT2D eigenvalue weighted by Gasteiger charge is -2.14. The van der Waals surface area contributed by atoms with Crippen LogP contribution < -0.4 is 5.32 Å². The smallest absolute Gasteiger partial charge is 0.407 e. The molecule has 0 bridgehead atoms. The van der Waals surface area contributed by atoms with E-state index in [-0.39, 0.29) is 25.7 Å². The van der Waals surface area contributed by atoms with Gasteiger partial charge in [0.2, 0.25) is 0 Å². The lowest BCUT2D eigenvalue weighted by Crippen LogP contribution is -2.26. The van der Waals surface area contributed by atoms with E-state index >= 15 is 0 Å². The highest BCUT2D eigenvalue weighted by atomic mass is 35.5. The highest BCUT2D eigenvalue weighted by Gasteiger charge is 2.28. The molecule has 1 amide bonds. The lowest BCUT2D eigenvalue weighted by molar-refractivity contribution is 0.144. The maximum Gasteiger partial charge on any atom is 0.407 e. The Hall–Kier alpha value is -3.26. The zero-order valence-electron chi connectivity index (χ0n) is 16.2. The molecule has 5 heteroatoms. The number of ether oxygens (including phenoxy) is 1. The monoisotopic (exact) mass is 417 g/mol. The number of carbonyl (C=O) groups is 1. The van der Waals surface area contributed by atoms with Gasteiger partial charge in [0.15, 0.2) is 0 Å². The molecule has 1 aliphatic carbocycles. The Morgan fingerprint density at radius 1 is 1.03 bits per heavy atom. The second-order valence-electron chi connectivity index (χ2n) is 6.95. The Morgan fingerprint density at radius 3 is 2.37 bits per heavy atom. The van der Waals surface area contributed by atoms with Gasteiger partial charge in [-0.15, -0.1) is 0 Å². The molecule has 150 valence electrons. The van der Waals surface area contributed by atoms with E-state index in [2.05, 4.69) is 41.4 Å². The van der Waals surface area contributed by atoms with Gasteiger partial charge >= 0.3 is 6.09 Å². The van der Waals surface area contributed by atoms with Crippen LogP contribution >= 0.6 is 11.6 Å². The Bertz CT molecular complexity index is 1100. The summed E-state index contributed by atoms with van der Waals surface area (Å²) in [6.45, 7) is 0.317. The van der Waals surface area contributed by atoms with E-state index in [0.717, 1.165) is 5.56 Å². The molecule has 0 spiro atoms. The summed E-state index contributed by atoms with van der Waals surface area (Å²) in [7, 11) is 0. The zero-order valence-corrected chi connectivity index (χ0v) is 16.9. The minimum absolute atomic E-state index is 0.0225. The fraction of sp³-hybridized carbons (Fsp3) is 0.160. The summed E-state index contributed by atoms with van der Waals surface area (Å²) in [5, 5.41) is 12.4. The van der Waals surface area contributed by atoms with Gasteiger partial charge in [-0.1, -0.05) is 78.0 Å². The van der Waals surface area contributed by atoms with Crippen molar-refractivity contribution >= 4 is 17.7 Å². The zero-order chi connectivity index (χ0) is 20.9. The molecule has 3 aromatic carbocycles. The highest BCUT2D eigenvalue weighted by molar-refractivity contribution is 6.31. The summed E-state index contributed by atoms with van der Waals surface area (Å²) < 4.78 is 5.48. The maximum absolute atomic E-state index is 12.1. The van der Waals surface area contributed by atoms with Crippen LogP contribution in [0.3, 0.4) is 0 Å². The standard InChI is InChI=1S/C25H20ClNO3/c26-24-12-11-17(15-28)14-18(24)6-5-13-27-25(29)30-16-23-21-9-3-1-7-19(21)20-8-2-4-10-22(20)23/h1-4,7-12,14,23,28H,13,15-16H2,(H,27,29). The molecule has 0 unspecified atom stereocenters. The van der Waals surface area contributed by atoms with E-state index in [0.29, 0.717) is 10.6 Å². The van der Waals surface area contributed by atoms with Crippen LogP contribution in [-0.2, 0) is 11.3 Å². The first-order chi connectivity index (χ1) is 14.7. The minimum atomic E-state index is -0.513.